The third-order valence-corrected chi connectivity index (χ3v) is 2.55. The zero-order valence-corrected chi connectivity index (χ0v) is 9.50. The van der Waals surface area contributed by atoms with Crippen LogP contribution in [0.1, 0.15) is 18.1 Å². The highest BCUT2D eigenvalue weighted by molar-refractivity contribution is 7.80. The van der Waals surface area contributed by atoms with E-state index in [1.807, 2.05) is 0 Å². The molecule has 3 N–H and O–H groups in total. The van der Waals surface area contributed by atoms with Crippen LogP contribution in [0.5, 0.6) is 0 Å². The molecule has 0 aliphatic heterocycles. The van der Waals surface area contributed by atoms with Crippen LogP contribution in [0.25, 0.3) is 0 Å². The van der Waals surface area contributed by atoms with Crippen molar-refractivity contribution in [2.45, 2.75) is 18.6 Å². The molecule has 0 amide bonds. The number of rotatable bonds is 4. The van der Waals surface area contributed by atoms with Crippen LogP contribution >= 0.6 is 24.2 Å². The second-order valence-electron chi connectivity index (χ2n) is 3.13. The van der Waals surface area contributed by atoms with E-state index >= 15 is 0 Å². The lowest BCUT2D eigenvalue weighted by Crippen LogP contribution is -2.20. The Hall–Kier alpha value is -0.490. The molecule has 1 aromatic heterocycles. The number of nitrogens with one attached hydrogen (secondary N) is 1. The molecule has 0 saturated carbocycles. The summed E-state index contributed by atoms with van der Waals surface area (Å²) in [7, 11) is 0. The number of hydrogen-bond acceptors (Lipinski definition) is 4. The Kier molecular flexibility index (Phi) is 4.66. The first kappa shape index (κ1) is 12.6. The summed E-state index contributed by atoms with van der Waals surface area (Å²) < 4.78 is 0. The highest BCUT2D eigenvalue weighted by Gasteiger charge is 2.18. The zero-order valence-electron chi connectivity index (χ0n) is 7.85. The molecule has 0 radical (unpaired) electrons. The Morgan fingerprint density at radius 1 is 1.53 bits per heavy atom. The van der Waals surface area contributed by atoms with Gasteiger partial charge >= 0.3 is 0 Å². The van der Waals surface area contributed by atoms with Gasteiger partial charge in [0.05, 0.1) is 6.10 Å². The van der Waals surface area contributed by atoms with E-state index in [0.717, 1.165) is 0 Å². The largest absolute Gasteiger partial charge is 0.390 e. The van der Waals surface area contributed by atoms with Gasteiger partial charge in [0.15, 0.2) is 0 Å². The Labute approximate surface area is 97.3 Å². The van der Waals surface area contributed by atoms with Crippen molar-refractivity contribution in [3.63, 3.8) is 0 Å². The van der Waals surface area contributed by atoms with Gasteiger partial charge in [-0.15, -0.1) is 0 Å². The molecule has 0 saturated heterocycles. The van der Waals surface area contributed by atoms with Gasteiger partial charge in [-0.25, -0.2) is 0 Å². The molecule has 0 aliphatic rings. The Balaban J connectivity index is 2.86. The zero-order chi connectivity index (χ0) is 11.4. The molecule has 4 nitrogen and oxygen atoms in total. The molecule has 1 aromatic rings. The number of aromatic amines is 1. The van der Waals surface area contributed by atoms with Gasteiger partial charge in [-0.3, -0.25) is 4.79 Å². The maximum atomic E-state index is 10.9. The number of aliphatic hydroxyl groups excluding tert-OH is 2. The van der Waals surface area contributed by atoms with Crippen molar-refractivity contribution in [3.05, 3.63) is 33.2 Å². The van der Waals surface area contributed by atoms with E-state index in [0.29, 0.717) is 17.7 Å². The summed E-state index contributed by atoms with van der Waals surface area (Å²) in [5.41, 5.74) is -0.0369. The minimum atomic E-state index is -1.06. The van der Waals surface area contributed by atoms with Gasteiger partial charge in [-0.05, 0) is 18.2 Å². The van der Waals surface area contributed by atoms with Crippen LogP contribution in [-0.4, -0.2) is 27.1 Å². The predicted octanol–water partition coefficient (Wildman–Crippen LogP) is 0.742. The van der Waals surface area contributed by atoms with Gasteiger partial charge in [0.1, 0.15) is 11.1 Å². The van der Waals surface area contributed by atoms with Crippen molar-refractivity contribution in [3.8, 4) is 0 Å². The summed E-state index contributed by atoms with van der Waals surface area (Å²) in [6.07, 6.45) is -0.280. The number of aliphatic hydroxyl groups is 2. The van der Waals surface area contributed by atoms with Crippen LogP contribution in [0.2, 0.25) is 5.02 Å². The monoisotopic (exact) mass is 249 g/mol. The van der Waals surface area contributed by atoms with Crippen molar-refractivity contribution < 1.29 is 10.2 Å². The molecule has 0 spiro atoms. The number of hydrogen-bond donors (Lipinski definition) is 4. The first-order valence-corrected chi connectivity index (χ1v) is 5.42. The van der Waals surface area contributed by atoms with Crippen LogP contribution in [0.15, 0.2) is 17.1 Å². The lowest BCUT2D eigenvalue weighted by Gasteiger charge is -2.16. The number of aromatic nitrogens is 1. The van der Waals surface area contributed by atoms with Gasteiger partial charge in [0.2, 0.25) is 0 Å². The Morgan fingerprint density at radius 2 is 2.20 bits per heavy atom. The lowest BCUT2D eigenvalue weighted by atomic mass is 10.0. The van der Waals surface area contributed by atoms with Crippen molar-refractivity contribution in [2.75, 3.05) is 5.75 Å². The first-order chi connectivity index (χ1) is 7.06. The van der Waals surface area contributed by atoms with Crippen molar-refractivity contribution in [1.29, 1.82) is 0 Å². The van der Waals surface area contributed by atoms with E-state index in [2.05, 4.69) is 17.6 Å². The minimum absolute atomic E-state index is 0.00961. The second-order valence-corrected chi connectivity index (χ2v) is 3.99. The van der Waals surface area contributed by atoms with Gasteiger partial charge in [0.25, 0.3) is 5.56 Å². The molecule has 2 unspecified atom stereocenters. The van der Waals surface area contributed by atoms with E-state index in [1.54, 1.807) is 0 Å². The molecule has 0 aliphatic carbocycles. The number of H-pyrrole nitrogens is 1. The molecule has 84 valence electrons. The summed E-state index contributed by atoms with van der Waals surface area (Å²) >= 11 is 9.54. The SMILES string of the molecule is O=c1[nH]cc(C(O)C(O)CCS)cc1Cl. The maximum absolute atomic E-state index is 10.9. The molecule has 1 heterocycles. The summed E-state index contributed by atoms with van der Waals surface area (Å²) in [6, 6.07) is 1.34. The molecular formula is C9H12ClNO3S. The predicted molar refractivity (Wildman–Crippen MR) is 61.5 cm³/mol. The number of thiol groups is 1. The highest BCUT2D eigenvalue weighted by atomic mass is 35.5. The fraction of sp³-hybridized carbons (Fsp3) is 0.444. The summed E-state index contributed by atoms with van der Waals surface area (Å²) in [6.45, 7) is 0. The topological polar surface area (TPSA) is 73.3 Å². The van der Waals surface area contributed by atoms with Crippen molar-refractivity contribution in [1.82, 2.24) is 4.98 Å². The van der Waals surface area contributed by atoms with Crippen molar-refractivity contribution >= 4 is 24.2 Å². The van der Waals surface area contributed by atoms with Crippen LogP contribution in [0.3, 0.4) is 0 Å². The quantitative estimate of drug-likeness (QED) is 0.595. The number of pyridine rings is 1. The standard InChI is InChI=1S/C9H12ClNO3S/c10-6-3-5(4-11-9(6)14)8(13)7(12)1-2-15/h3-4,7-8,12-13,15H,1-2H2,(H,11,14). The molecule has 6 heteroatoms. The fourth-order valence-corrected chi connectivity index (χ4v) is 1.60. The average molecular weight is 250 g/mol. The molecule has 2 atom stereocenters. The summed E-state index contributed by atoms with van der Waals surface area (Å²) in [4.78, 5) is 13.3. The summed E-state index contributed by atoms with van der Waals surface area (Å²) in [5, 5.41) is 19.2. The van der Waals surface area contributed by atoms with Gasteiger partial charge in [-0.1, -0.05) is 11.6 Å². The van der Waals surface area contributed by atoms with Crippen LogP contribution < -0.4 is 5.56 Å². The molecule has 1 rings (SSSR count). The molecule has 0 bridgehead atoms. The van der Waals surface area contributed by atoms with Crippen molar-refractivity contribution in [2.24, 2.45) is 0 Å². The van der Waals surface area contributed by atoms with E-state index in [9.17, 15) is 15.0 Å². The van der Waals surface area contributed by atoms with Gasteiger partial charge in [-0.2, -0.15) is 12.6 Å². The van der Waals surface area contributed by atoms with E-state index in [4.69, 9.17) is 11.6 Å². The lowest BCUT2D eigenvalue weighted by molar-refractivity contribution is 0.0170. The molecule has 0 fully saturated rings. The highest BCUT2D eigenvalue weighted by Crippen LogP contribution is 2.19. The Morgan fingerprint density at radius 3 is 2.73 bits per heavy atom. The third kappa shape index (κ3) is 3.24. The third-order valence-electron chi connectivity index (χ3n) is 2.01. The maximum Gasteiger partial charge on any atom is 0.266 e. The Bertz CT molecular complexity index is 382. The smallest absolute Gasteiger partial charge is 0.266 e. The van der Waals surface area contributed by atoms with Crippen LogP contribution in [-0.2, 0) is 0 Å². The van der Waals surface area contributed by atoms with Gasteiger partial charge in [0, 0.05) is 11.8 Å². The minimum Gasteiger partial charge on any atom is -0.390 e. The first-order valence-electron chi connectivity index (χ1n) is 4.41. The molecule has 0 aromatic carbocycles. The van der Waals surface area contributed by atoms with E-state index in [1.165, 1.54) is 12.3 Å². The second kappa shape index (κ2) is 5.55. The van der Waals surface area contributed by atoms with Crippen LogP contribution in [0, 0.1) is 0 Å². The van der Waals surface area contributed by atoms with Crippen LogP contribution in [0.4, 0.5) is 0 Å². The number of halogens is 1. The average Bonchev–Trinajstić information content (AvgIpc) is 2.21. The van der Waals surface area contributed by atoms with E-state index < -0.39 is 17.8 Å². The molecular weight excluding hydrogens is 238 g/mol. The van der Waals surface area contributed by atoms with Gasteiger partial charge < -0.3 is 15.2 Å². The normalized spacial score (nSPS) is 14.9. The molecule has 15 heavy (non-hydrogen) atoms. The fourth-order valence-electron chi connectivity index (χ4n) is 1.15. The summed E-state index contributed by atoms with van der Waals surface area (Å²) in [5.74, 6) is 0.468. The van der Waals surface area contributed by atoms with E-state index in [-0.39, 0.29) is 5.02 Å².